The van der Waals surface area contributed by atoms with Crippen molar-refractivity contribution in [1.29, 1.82) is 0 Å². The third-order valence-electron chi connectivity index (χ3n) is 5.15. The van der Waals surface area contributed by atoms with Gasteiger partial charge in [-0.2, -0.15) is 13.2 Å². The number of aliphatic carboxylic acids is 1. The van der Waals surface area contributed by atoms with Crippen LogP contribution in [0.15, 0.2) is 40.3 Å². The second-order valence-corrected chi connectivity index (χ2v) is 8.28. The molecular weight excluding hydrogens is 437 g/mol. The molecule has 2 N–H and O–H groups in total. The molecule has 2 aromatic heterocycles. The molecule has 0 aliphatic carbocycles. The molecule has 170 valence electrons. The molecule has 0 unspecified atom stereocenters. The number of carboxylic acids is 1. The minimum atomic E-state index is -5.08. The third kappa shape index (κ3) is 6.55. The number of nitrogens with one attached hydrogen (secondary N) is 1. The highest BCUT2D eigenvalue weighted by atomic mass is 32.1. The first-order valence-corrected chi connectivity index (χ1v) is 10.6. The van der Waals surface area contributed by atoms with E-state index in [9.17, 15) is 18.0 Å². The fraction of sp³-hybridized carbons (Fsp3) is 0.500. The fourth-order valence-electron chi connectivity index (χ4n) is 3.71. The largest absolute Gasteiger partial charge is 0.490 e. The number of hydrogen-bond acceptors (Lipinski definition) is 6. The molecule has 4 heterocycles. The number of alkyl halides is 3. The number of furan rings is 1. The second-order valence-electron chi connectivity index (χ2n) is 7.25. The first-order valence-electron chi connectivity index (χ1n) is 9.76. The molecule has 3 atom stereocenters. The number of carbonyl (C=O) groups excluding carboxylic acids is 1. The van der Waals surface area contributed by atoms with Gasteiger partial charge >= 0.3 is 12.1 Å². The van der Waals surface area contributed by atoms with E-state index in [1.54, 1.807) is 17.6 Å². The zero-order chi connectivity index (χ0) is 22.4. The number of hydrogen-bond donors (Lipinski definition) is 2. The molecule has 2 saturated heterocycles. The van der Waals surface area contributed by atoms with Gasteiger partial charge in [-0.05, 0) is 42.8 Å². The average Bonchev–Trinajstić information content (AvgIpc) is 3.49. The van der Waals surface area contributed by atoms with Crippen molar-refractivity contribution in [1.82, 2.24) is 10.2 Å². The van der Waals surface area contributed by atoms with Crippen LogP contribution >= 0.6 is 11.3 Å². The van der Waals surface area contributed by atoms with Crippen LogP contribution in [-0.4, -0.2) is 52.9 Å². The molecule has 2 aliphatic heterocycles. The summed E-state index contributed by atoms with van der Waals surface area (Å²) in [6, 6.07) is 8.37. The Bertz CT molecular complexity index is 842. The van der Waals surface area contributed by atoms with Gasteiger partial charge in [-0.15, -0.1) is 11.3 Å². The predicted molar refractivity (Wildman–Crippen MR) is 105 cm³/mol. The summed E-state index contributed by atoms with van der Waals surface area (Å²) in [5.41, 5.74) is 0. The van der Waals surface area contributed by atoms with Crippen LogP contribution in [-0.2, 0) is 27.4 Å². The fourth-order valence-corrected chi connectivity index (χ4v) is 4.35. The van der Waals surface area contributed by atoms with Crippen LogP contribution in [0, 0.1) is 0 Å². The summed E-state index contributed by atoms with van der Waals surface area (Å²) < 4.78 is 43.3. The van der Waals surface area contributed by atoms with E-state index in [1.807, 2.05) is 29.6 Å². The normalized spacial score (nSPS) is 23.5. The summed E-state index contributed by atoms with van der Waals surface area (Å²) in [6.45, 7) is 2.42. The number of fused-ring (bicyclic) bond motifs is 1. The van der Waals surface area contributed by atoms with Gasteiger partial charge in [0.2, 0.25) is 5.91 Å². The Morgan fingerprint density at radius 2 is 2.00 bits per heavy atom. The Morgan fingerprint density at radius 1 is 1.23 bits per heavy atom. The molecule has 4 rings (SSSR count). The van der Waals surface area contributed by atoms with Crippen LogP contribution in [0.1, 0.15) is 29.9 Å². The molecule has 0 aromatic carbocycles. The number of carboxylic acid groups (broad SMARTS) is 1. The Hall–Kier alpha value is -2.37. The van der Waals surface area contributed by atoms with E-state index >= 15 is 0 Å². The average molecular weight is 460 g/mol. The molecule has 0 spiro atoms. The molecule has 1 amide bonds. The van der Waals surface area contributed by atoms with Crippen molar-refractivity contribution in [3.05, 3.63) is 46.5 Å². The van der Waals surface area contributed by atoms with Crippen LogP contribution in [0.3, 0.4) is 0 Å². The molecule has 2 aliphatic rings. The van der Waals surface area contributed by atoms with Gasteiger partial charge in [0.15, 0.2) is 0 Å². The van der Waals surface area contributed by atoms with E-state index in [4.69, 9.17) is 19.1 Å². The van der Waals surface area contributed by atoms with Crippen LogP contribution < -0.4 is 5.32 Å². The first-order chi connectivity index (χ1) is 14.7. The summed E-state index contributed by atoms with van der Waals surface area (Å²) in [4.78, 5) is 24.8. The topological polar surface area (TPSA) is 92.0 Å². The van der Waals surface area contributed by atoms with Crippen LogP contribution in [0.5, 0.6) is 0 Å². The van der Waals surface area contributed by atoms with Gasteiger partial charge in [-0.3, -0.25) is 9.69 Å². The third-order valence-corrected chi connectivity index (χ3v) is 6.03. The maximum atomic E-state index is 12.4. The molecular formula is C20H23F3N2O5S. The summed E-state index contributed by atoms with van der Waals surface area (Å²) >= 11 is 1.66. The van der Waals surface area contributed by atoms with E-state index in [2.05, 4.69) is 10.2 Å². The Kier molecular flexibility index (Phi) is 7.74. The zero-order valence-corrected chi connectivity index (χ0v) is 17.3. The van der Waals surface area contributed by atoms with E-state index in [0.29, 0.717) is 12.6 Å². The molecule has 0 bridgehead atoms. The van der Waals surface area contributed by atoms with Crippen molar-refractivity contribution in [3.8, 4) is 0 Å². The van der Waals surface area contributed by atoms with Crippen LogP contribution in [0.4, 0.5) is 13.2 Å². The number of nitrogens with zero attached hydrogens (tertiary/aromatic N) is 1. The molecule has 0 radical (unpaired) electrons. The summed E-state index contributed by atoms with van der Waals surface area (Å²) in [7, 11) is 0. The van der Waals surface area contributed by atoms with E-state index < -0.39 is 12.1 Å². The lowest BCUT2D eigenvalue weighted by molar-refractivity contribution is -0.192. The molecule has 11 heteroatoms. The monoisotopic (exact) mass is 460 g/mol. The predicted octanol–water partition coefficient (Wildman–Crippen LogP) is 3.41. The number of likely N-dealkylation sites (tertiary alicyclic amines) is 1. The highest BCUT2D eigenvalue weighted by Gasteiger charge is 2.41. The second kappa shape index (κ2) is 10.3. The number of halogens is 3. The Balaban J connectivity index is 0.000000339. The summed E-state index contributed by atoms with van der Waals surface area (Å²) in [5.74, 6) is -1.75. The Morgan fingerprint density at radius 3 is 2.61 bits per heavy atom. The highest BCUT2D eigenvalue weighted by Crippen LogP contribution is 2.32. The van der Waals surface area contributed by atoms with E-state index in [0.717, 1.165) is 38.1 Å². The maximum absolute atomic E-state index is 12.4. The quantitative estimate of drug-likeness (QED) is 0.711. The molecule has 2 fully saturated rings. The van der Waals surface area contributed by atoms with E-state index in [-0.39, 0.29) is 18.1 Å². The lowest BCUT2D eigenvalue weighted by Crippen LogP contribution is -2.47. The van der Waals surface area contributed by atoms with Crippen molar-refractivity contribution < 1.29 is 37.0 Å². The number of carbonyl (C=O) groups is 2. The number of thiophene rings is 1. The highest BCUT2D eigenvalue weighted by molar-refractivity contribution is 7.09. The van der Waals surface area contributed by atoms with Gasteiger partial charge in [0.1, 0.15) is 11.9 Å². The van der Waals surface area contributed by atoms with Gasteiger partial charge in [0.25, 0.3) is 0 Å². The zero-order valence-electron chi connectivity index (χ0n) is 16.5. The van der Waals surface area contributed by atoms with Crippen LogP contribution in [0.2, 0.25) is 0 Å². The molecule has 2 aromatic rings. The van der Waals surface area contributed by atoms with Crippen molar-refractivity contribution in [2.24, 2.45) is 0 Å². The van der Waals surface area contributed by atoms with Gasteiger partial charge in [0, 0.05) is 17.5 Å². The standard InChI is InChI=1S/C18H22N2O3S.C2HF3O2/c21-18(19-11-14-4-2-10-24-14)17-6-5-15-16(23-17)7-8-20(15)12-13-3-1-9-22-13;3-2(4,5)1(6)7/h1-4,9-10,15-17H,5-8,11-12H2,(H,19,21);(H,6,7)/t15-,16-,17-;/m1./s1. The molecule has 31 heavy (non-hydrogen) atoms. The number of amides is 1. The summed E-state index contributed by atoms with van der Waals surface area (Å²) in [5, 5.41) is 12.1. The molecule has 7 nitrogen and oxygen atoms in total. The maximum Gasteiger partial charge on any atom is 0.490 e. The van der Waals surface area contributed by atoms with Crippen LogP contribution in [0.25, 0.3) is 0 Å². The van der Waals surface area contributed by atoms with Crippen molar-refractivity contribution in [2.45, 2.75) is 56.8 Å². The number of rotatable bonds is 5. The van der Waals surface area contributed by atoms with Crippen molar-refractivity contribution >= 4 is 23.2 Å². The first kappa shape index (κ1) is 23.3. The van der Waals surface area contributed by atoms with Crippen molar-refractivity contribution in [3.63, 3.8) is 0 Å². The molecule has 0 saturated carbocycles. The minimum Gasteiger partial charge on any atom is -0.475 e. The lowest BCUT2D eigenvalue weighted by Gasteiger charge is -2.35. The Labute approximate surface area is 180 Å². The van der Waals surface area contributed by atoms with Gasteiger partial charge in [-0.1, -0.05) is 6.07 Å². The smallest absolute Gasteiger partial charge is 0.475 e. The summed E-state index contributed by atoms with van der Waals surface area (Å²) in [6.07, 6.45) is -0.746. The van der Waals surface area contributed by atoms with Gasteiger partial charge in [-0.25, -0.2) is 4.79 Å². The minimum absolute atomic E-state index is 0.0198. The van der Waals surface area contributed by atoms with E-state index in [1.165, 1.54) is 4.88 Å². The number of ether oxygens (including phenoxy) is 1. The SMILES string of the molecule is O=C(NCc1cccs1)[C@H]1CC[C@@H]2[C@@H](CCN2Cc2ccco2)O1.O=C(O)C(F)(F)F. The van der Waals surface area contributed by atoms with Gasteiger partial charge in [0.05, 0.1) is 25.5 Å². The lowest BCUT2D eigenvalue weighted by atomic mass is 9.98. The van der Waals surface area contributed by atoms with Gasteiger partial charge < -0.3 is 19.6 Å². The van der Waals surface area contributed by atoms with Crippen molar-refractivity contribution in [2.75, 3.05) is 6.54 Å².